The molecule has 0 N–H and O–H groups in total. The summed E-state index contributed by atoms with van der Waals surface area (Å²) in [5.74, 6) is 1.53. The number of ether oxygens (including phenoxy) is 1. The molecule has 1 aromatic rings. The summed E-state index contributed by atoms with van der Waals surface area (Å²) in [6, 6.07) is 10.8. The predicted molar refractivity (Wildman–Crippen MR) is 92.0 cm³/mol. The number of benzene rings is 1. The van der Waals surface area contributed by atoms with Crippen molar-refractivity contribution in [2.24, 2.45) is 17.8 Å². The molecule has 1 heterocycles. The summed E-state index contributed by atoms with van der Waals surface area (Å²) < 4.78 is 9.60. The van der Waals surface area contributed by atoms with Crippen LogP contribution in [0.5, 0.6) is 0 Å². The van der Waals surface area contributed by atoms with Crippen LogP contribution in [0.3, 0.4) is 0 Å². The minimum atomic E-state index is -0.0964. The van der Waals surface area contributed by atoms with Crippen LogP contribution in [0.1, 0.15) is 41.5 Å². The summed E-state index contributed by atoms with van der Waals surface area (Å²) in [4.78, 5) is 0. The van der Waals surface area contributed by atoms with Crippen molar-refractivity contribution in [3.63, 3.8) is 0 Å². The molecule has 0 saturated carbocycles. The summed E-state index contributed by atoms with van der Waals surface area (Å²) in [7, 11) is 0. The molecule has 116 valence electrons. The summed E-state index contributed by atoms with van der Waals surface area (Å²) in [6.07, 6.45) is 2.75. The molecular weight excluding hydrogens is 323 g/mol. The van der Waals surface area contributed by atoms with E-state index < -0.39 is 0 Å². The number of hydrogen-bond acceptors (Lipinski definition) is 1. The van der Waals surface area contributed by atoms with Crippen LogP contribution in [0, 0.1) is 17.8 Å². The van der Waals surface area contributed by atoms with Crippen LogP contribution in [-0.2, 0) is 4.74 Å². The van der Waals surface area contributed by atoms with Crippen molar-refractivity contribution in [1.82, 2.24) is 0 Å². The first-order chi connectivity index (χ1) is 9.86. The molecule has 0 aliphatic carbocycles. The van der Waals surface area contributed by atoms with Gasteiger partial charge in [0.1, 0.15) is 0 Å². The third kappa shape index (κ3) is 3.44. The summed E-state index contributed by atoms with van der Waals surface area (Å²) in [5, 5.41) is 0. The monoisotopic (exact) mass is 352 g/mol. The maximum absolute atomic E-state index is 6.64. The third-order valence-corrected chi connectivity index (χ3v) is 6.66. The van der Waals surface area contributed by atoms with E-state index in [1.54, 1.807) is 0 Å². The molecule has 0 bridgehead atoms. The predicted octanol–water partition coefficient (Wildman–Crippen LogP) is 4.01. The van der Waals surface area contributed by atoms with Gasteiger partial charge >= 0.3 is 136 Å². The van der Waals surface area contributed by atoms with E-state index in [1.165, 1.54) is 8.93 Å². The molecule has 0 aromatic heterocycles. The first-order valence-electron chi connectivity index (χ1n) is 8.00. The number of rotatable bonds is 5. The molecule has 1 aliphatic rings. The van der Waals surface area contributed by atoms with Gasteiger partial charge in [-0.3, -0.25) is 0 Å². The van der Waals surface area contributed by atoms with Gasteiger partial charge in [0.2, 0.25) is 0 Å². The molecule has 2 rings (SSSR count). The van der Waals surface area contributed by atoms with Crippen LogP contribution in [-0.4, -0.2) is 26.7 Å². The topological polar surface area (TPSA) is 9.23 Å². The fourth-order valence-corrected chi connectivity index (χ4v) is 5.68. The fraction of sp³-hybridized carbons (Fsp3) is 0.579. The van der Waals surface area contributed by atoms with Crippen LogP contribution in [0.25, 0.3) is 0 Å². The van der Waals surface area contributed by atoms with Crippen LogP contribution >= 0.6 is 0 Å². The van der Waals surface area contributed by atoms with E-state index >= 15 is 0 Å². The average molecular weight is 351 g/mol. The van der Waals surface area contributed by atoms with E-state index in [9.17, 15) is 0 Å². The SMILES string of the molecule is CC(C)C1OC(C(C)C)(C(C)C)C=C1[Se]c1ccccc1. The van der Waals surface area contributed by atoms with Crippen LogP contribution in [0.4, 0.5) is 0 Å². The molecule has 0 saturated heterocycles. The van der Waals surface area contributed by atoms with Gasteiger partial charge in [0.05, 0.1) is 0 Å². The number of hydrogen-bond donors (Lipinski definition) is 0. The van der Waals surface area contributed by atoms with Gasteiger partial charge in [-0.15, -0.1) is 0 Å². The van der Waals surface area contributed by atoms with E-state index in [0.717, 1.165) is 0 Å². The van der Waals surface area contributed by atoms with Gasteiger partial charge in [0.15, 0.2) is 0 Å². The molecule has 1 aliphatic heterocycles. The molecule has 0 fully saturated rings. The Morgan fingerprint density at radius 3 is 2.00 bits per heavy atom. The minimum absolute atomic E-state index is 0.0964. The Morgan fingerprint density at radius 2 is 1.52 bits per heavy atom. The van der Waals surface area contributed by atoms with E-state index in [-0.39, 0.29) is 11.7 Å². The molecule has 0 radical (unpaired) electrons. The Hall–Kier alpha value is -0.561. The van der Waals surface area contributed by atoms with Crippen LogP contribution in [0.15, 0.2) is 40.9 Å². The molecular formula is C19H28OSe. The molecule has 1 nitrogen and oxygen atoms in total. The first-order valence-corrected chi connectivity index (χ1v) is 9.71. The molecule has 0 spiro atoms. The Morgan fingerprint density at radius 1 is 0.952 bits per heavy atom. The summed E-state index contributed by atoms with van der Waals surface area (Å²) in [5.41, 5.74) is -0.0964. The normalized spacial score (nSPS) is 21.4. The van der Waals surface area contributed by atoms with Crippen molar-refractivity contribution >= 4 is 19.4 Å². The average Bonchev–Trinajstić information content (AvgIpc) is 2.81. The Balaban J connectivity index is 2.34. The quantitative estimate of drug-likeness (QED) is 0.729. The summed E-state index contributed by atoms with van der Waals surface area (Å²) in [6.45, 7) is 13.7. The van der Waals surface area contributed by atoms with Crippen molar-refractivity contribution in [3.8, 4) is 0 Å². The van der Waals surface area contributed by atoms with Gasteiger partial charge in [0.25, 0.3) is 0 Å². The van der Waals surface area contributed by atoms with E-state index in [4.69, 9.17) is 4.74 Å². The van der Waals surface area contributed by atoms with Gasteiger partial charge < -0.3 is 0 Å². The van der Waals surface area contributed by atoms with Crippen molar-refractivity contribution in [2.45, 2.75) is 53.2 Å². The van der Waals surface area contributed by atoms with Crippen LogP contribution < -0.4 is 4.46 Å². The van der Waals surface area contributed by atoms with Gasteiger partial charge in [-0.05, 0) is 0 Å². The maximum atomic E-state index is 6.64. The van der Waals surface area contributed by atoms with Crippen molar-refractivity contribution in [1.29, 1.82) is 0 Å². The second-order valence-corrected chi connectivity index (χ2v) is 9.31. The molecule has 0 amide bonds. The zero-order chi connectivity index (χ0) is 15.6. The van der Waals surface area contributed by atoms with Crippen molar-refractivity contribution < 1.29 is 4.74 Å². The Bertz CT molecular complexity index is 480. The summed E-state index contributed by atoms with van der Waals surface area (Å²) >= 11 is 0.363. The second kappa shape index (κ2) is 6.69. The molecule has 21 heavy (non-hydrogen) atoms. The standard InChI is InChI=1S/C19H28OSe/c1-13(2)18-17(21-16-10-8-7-9-11-16)12-19(20-18,14(3)4)15(5)6/h7-15,18H,1-6H3. The van der Waals surface area contributed by atoms with E-state index in [2.05, 4.69) is 78.0 Å². The Kier molecular flexibility index (Phi) is 5.35. The third-order valence-electron chi connectivity index (χ3n) is 4.37. The molecule has 1 atom stereocenters. The van der Waals surface area contributed by atoms with E-state index in [1.807, 2.05) is 0 Å². The Labute approximate surface area is 136 Å². The van der Waals surface area contributed by atoms with Gasteiger partial charge in [-0.25, -0.2) is 0 Å². The molecule has 2 heteroatoms. The van der Waals surface area contributed by atoms with Crippen molar-refractivity contribution in [2.75, 3.05) is 0 Å². The van der Waals surface area contributed by atoms with Crippen LogP contribution in [0.2, 0.25) is 0 Å². The van der Waals surface area contributed by atoms with Gasteiger partial charge in [-0.2, -0.15) is 0 Å². The van der Waals surface area contributed by atoms with E-state index in [0.29, 0.717) is 32.7 Å². The fourth-order valence-electron chi connectivity index (χ4n) is 3.07. The van der Waals surface area contributed by atoms with Crippen molar-refractivity contribution in [3.05, 3.63) is 40.9 Å². The van der Waals surface area contributed by atoms with Gasteiger partial charge in [0, 0.05) is 0 Å². The zero-order valence-electron chi connectivity index (χ0n) is 14.1. The second-order valence-electron chi connectivity index (χ2n) is 6.91. The molecule has 1 aromatic carbocycles. The zero-order valence-corrected chi connectivity index (χ0v) is 15.8. The van der Waals surface area contributed by atoms with Gasteiger partial charge in [-0.1, -0.05) is 0 Å². The first kappa shape index (κ1) is 16.8. The molecule has 1 unspecified atom stereocenters.